The van der Waals surface area contributed by atoms with Gasteiger partial charge in [0.2, 0.25) is 5.91 Å². The Bertz CT molecular complexity index is 736. The van der Waals surface area contributed by atoms with E-state index in [9.17, 15) is 10.1 Å². The van der Waals surface area contributed by atoms with Crippen LogP contribution in [0.25, 0.3) is 0 Å². The molecule has 24 heavy (non-hydrogen) atoms. The van der Waals surface area contributed by atoms with E-state index in [1.165, 1.54) is 0 Å². The highest BCUT2D eigenvalue weighted by Gasteiger charge is 2.25. The van der Waals surface area contributed by atoms with Gasteiger partial charge in [-0.3, -0.25) is 4.79 Å². The van der Waals surface area contributed by atoms with Crippen molar-refractivity contribution >= 4 is 11.7 Å². The smallest absolute Gasteiger partial charge is 0.245 e. The Morgan fingerprint density at radius 3 is 2.92 bits per heavy atom. The highest BCUT2D eigenvalue weighted by Crippen LogP contribution is 2.19. The molecule has 1 aliphatic heterocycles. The van der Waals surface area contributed by atoms with Crippen molar-refractivity contribution in [1.29, 1.82) is 5.26 Å². The summed E-state index contributed by atoms with van der Waals surface area (Å²) in [6.45, 7) is 4.69. The summed E-state index contributed by atoms with van der Waals surface area (Å²) in [5.41, 5.74) is 0.573. The Kier molecular flexibility index (Phi) is 4.75. The van der Waals surface area contributed by atoms with E-state index in [-0.39, 0.29) is 11.9 Å². The minimum atomic E-state index is -0.261. The lowest BCUT2D eigenvalue weighted by atomic mass is 10.2. The van der Waals surface area contributed by atoms with Gasteiger partial charge in [0.05, 0.1) is 11.9 Å². The summed E-state index contributed by atoms with van der Waals surface area (Å²) in [5.74, 6) is 0.799. The van der Waals surface area contributed by atoms with Gasteiger partial charge in [0.1, 0.15) is 17.9 Å². The average molecular weight is 324 g/mol. The fraction of sp³-hybridized carbons (Fsp3) is 0.412. The van der Waals surface area contributed by atoms with Gasteiger partial charge in [-0.2, -0.15) is 5.26 Å². The van der Waals surface area contributed by atoms with Crippen molar-refractivity contribution in [2.75, 3.05) is 31.1 Å². The van der Waals surface area contributed by atoms with E-state index in [0.29, 0.717) is 31.0 Å². The molecule has 3 heterocycles. The Morgan fingerprint density at radius 2 is 2.17 bits per heavy atom. The second-order valence-electron chi connectivity index (χ2n) is 5.84. The standard InChI is InChI=1S/C17H20N6O/c1-14(23-9-6-19-13-23)17(24)22-8-3-7-21(10-11-22)16-15(12-18)4-2-5-20-16/h2,4-6,9,13-14H,3,7-8,10-11H2,1H3. The van der Waals surface area contributed by atoms with E-state index >= 15 is 0 Å². The first-order chi connectivity index (χ1) is 11.7. The van der Waals surface area contributed by atoms with Crippen LogP contribution in [-0.2, 0) is 4.79 Å². The predicted molar refractivity (Wildman–Crippen MR) is 89.3 cm³/mol. The van der Waals surface area contributed by atoms with Crippen molar-refractivity contribution in [3.8, 4) is 6.07 Å². The van der Waals surface area contributed by atoms with Gasteiger partial charge in [-0.05, 0) is 25.5 Å². The fourth-order valence-electron chi connectivity index (χ4n) is 2.98. The number of nitriles is 1. The van der Waals surface area contributed by atoms with Crippen molar-refractivity contribution in [1.82, 2.24) is 19.4 Å². The summed E-state index contributed by atoms with van der Waals surface area (Å²) in [5, 5.41) is 9.25. The van der Waals surface area contributed by atoms with Crippen molar-refractivity contribution in [3.05, 3.63) is 42.6 Å². The van der Waals surface area contributed by atoms with Crippen LogP contribution in [0.1, 0.15) is 24.9 Å². The van der Waals surface area contributed by atoms with Crippen molar-refractivity contribution in [2.24, 2.45) is 0 Å². The number of nitrogens with zero attached hydrogens (tertiary/aromatic N) is 6. The maximum atomic E-state index is 12.7. The molecule has 3 rings (SSSR count). The summed E-state index contributed by atoms with van der Waals surface area (Å²) in [6, 6.07) is 5.47. The van der Waals surface area contributed by atoms with Crippen LogP contribution in [0.4, 0.5) is 5.82 Å². The first-order valence-corrected chi connectivity index (χ1v) is 8.07. The number of carbonyl (C=O) groups excluding carboxylic acids is 1. The fourth-order valence-corrected chi connectivity index (χ4v) is 2.98. The highest BCUT2D eigenvalue weighted by molar-refractivity contribution is 5.80. The molecule has 1 fully saturated rings. The molecular formula is C17H20N6O. The molecule has 7 nitrogen and oxygen atoms in total. The number of aromatic nitrogens is 3. The van der Waals surface area contributed by atoms with Gasteiger partial charge >= 0.3 is 0 Å². The quantitative estimate of drug-likeness (QED) is 0.854. The predicted octanol–water partition coefficient (Wildman–Crippen LogP) is 1.45. The molecule has 0 bridgehead atoms. The Hall–Kier alpha value is -2.88. The number of carbonyl (C=O) groups is 1. The number of anilines is 1. The molecule has 2 aromatic heterocycles. The summed E-state index contributed by atoms with van der Waals surface area (Å²) >= 11 is 0. The van der Waals surface area contributed by atoms with Gasteiger partial charge < -0.3 is 14.4 Å². The molecule has 0 aromatic carbocycles. The summed E-state index contributed by atoms with van der Waals surface area (Å²) in [4.78, 5) is 25.0. The van der Waals surface area contributed by atoms with Crippen LogP contribution < -0.4 is 4.90 Å². The minimum Gasteiger partial charge on any atom is -0.354 e. The lowest BCUT2D eigenvalue weighted by Gasteiger charge is -2.25. The molecule has 0 N–H and O–H groups in total. The van der Waals surface area contributed by atoms with Gasteiger partial charge in [0.15, 0.2) is 0 Å². The van der Waals surface area contributed by atoms with E-state index in [1.54, 1.807) is 37.1 Å². The molecule has 1 unspecified atom stereocenters. The van der Waals surface area contributed by atoms with Gasteiger partial charge in [0.25, 0.3) is 0 Å². The molecule has 0 saturated carbocycles. The summed E-state index contributed by atoms with van der Waals surface area (Å²) < 4.78 is 1.82. The van der Waals surface area contributed by atoms with Crippen LogP contribution in [-0.4, -0.2) is 51.5 Å². The topological polar surface area (TPSA) is 78.0 Å². The zero-order valence-corrected chi connectivity index (χ0v) is 13.7. The number of hydrogen-bond donors (Lipinski definition) is 0. The second-order valence-corrected chi connectivity index (χ2v) is 5.84. The number of rotatable bonds is 3. The van der Waals surface area contributed by atoms with Crippen LogP contribution in [0, 0.1) is 11.3 Å². The van der Waals surface area contributed by atoms with Crippen LogP contribution >= 0.6 is 0 Å². The maximum absolute atomic E-state index is 12.7. The van der Waals surface area contributed by atoms with E-state index in [2.05, 4.69) is 20.9 Å². The summed E-state index contributed by atoms with van der Waals surface area (Å²) in [7, 11) is 0. The minimum absolute atomic E-state index is 0.0939. The van der Waals surface area contributed by atoms with Crippen LogP contribution in [0.15, 0.2) is 37.1 Å². The number of hydrogen-bond acceptors (Lipinski definition) is 5. The van der Waals surface area contributed by atoms with E-state index in [4.69, 9.17) is 0 Å². The third-order valence-electron chi connectivity index (χ3n) is 4.34. The van der Waals surface area contributed by atoms with Gasteiger partial charge in [-0.15, -0.1) is 0 Å². The zero-order chi connectivity index (χ0) is 16.9. The van der Waals surface area contributed by atoms with Crippen molar-refractivity contribution in [2.45, 2.75) is 19.4 Å². The second kappa shape index (κ2) is 7.13. The van der Waals surface area contributed by atoms with Gasteiger partial charge in [-0.25, -0.2) is 9.97 Å². The van der Waals surface area contributed by atoms with E-state index < -0.39 is 0 Å². The molecule has 124 valence electrons. The lowest BCUT2D eigenvalue weighted by Crippen LogP contribution is -2.39. The molecular weight excluding hydrogens is 304 g/mol. The van der Waals surface area contributed by atoms with E-state index in [0.717, 1.165) is 13.0 Å². The third-order valence-corrected chi connectivity index (χ3v) is 4.34. The normalized spacial score (nSPS) is 16.3. The van der Waals surface area contributed by atoms with Crippen molar-refractivity contribution in [3.63, 3.8) is 0 Å². The largest absolute Gasteiger partial charge is 0.354 e. The SMILES string of the molecule is CC(C(=O)N1CCCN(c2ncccc2C#N)CC1)n1ccnc1. The van der Waals surface area contributed by atoms with Gasteiger partial charge in [-0.1, -0.05) is 0 Å². The van der Waals surface area contributed by atoms with Crippen LogP contribution in [0.2, 0.25) is 0 Å². The van der Waals surface area contributed by atoms with Crippen molar-refractivity contribution < 1.29 is 4.79 Å². The van der Waals surface area contributed by atoms with Crippen LogP contribution in [0.3, 0.4) is 0 Å². The maximum Gasteiger partial charge on any atom is 0.245 e. The van der Waals surface area contributed by atoms with Crippen LogP contribution in [0.5, 0.6) is 0 Å². The molecule has 0 radical (unpaired) electrons. The number of pyridine rings is 1. The molecule has 1 aliphatic rings. The molecule has 1 atom stereocenters. The Balaban J connectivity index is 1.69. The average Bonchev–Trinajstić information content (AvgIpc) is 3.05. The lowest BCUT2D eigenvalue weighted by molar-refractivity contribution is -0.134. The molecule has 0 spiro atoms. The molecule has 7 heteroatoms. The Labute approximate surface area is 141 Å². The molecule has 1 amide bonds. The monoisotopic (exact) mass is 324 g/mol. The third kappa shape index (κ3) is 3.23. The van der Waals surface area contributed by atoms with E-state index in [1.807, 2.05) is 16.4 Å². The molecule has 1 saturated heterocycles. The number of imidazole rings is 1. The molecule has 0 aliphatic carbocycles. The highest BCUT2D eigenvalue weighted by atomic mass is 16.2. The first kappa shape index (κ1) is 16.0. The van der Waals surface area contributed by atoms with Gasteiger partial charge in [0, 0.05) is 44.8 Å². The zero-order valence-electron chi connectivity index (χ0n) is 13.7. The Morgan fingerprint density at radius 1 is 1.29 bits per heavy atom. The molecule has 2 aromatic rings. The summed E-state index contributed by atoms with van der Waals surface area (Å²) in [6.07, 6.45) is 7.70. The first-order valence-electron chi connectivity index (χ1n) is 8.07. The number of amides is 1.